The van der Waals surface area contributed by atoms with Crippen LogP contribution in [0.4, 0.5) is 0 Å². The van der Waals surface area contributed by atoms with Crippen molar-refractivity contribution in [1.29, 1.82) is 0 Å². The Bertz CT molecular complexity index is 41.3. The second kappa shape index (κ2) is 3.92. The molecule has 0 radical (unpaired) electrons. The molecule has 0 aromatic rings. The Labute approximate surface area is 106 Å². The summed E-state index contributed by atoms with van der Waals surface area (Å²) >= 11 is 0. The van der Waals surface area contributed by atoms with Crippen molar-refractivity contribution in [3.63, 3.8) is 0 Å². The Morgan fingerprint density at radius 2 is 0.714 bits per heavy atom. The molecule has 0 rings (SSSR count). The van der Waals surface area contributed by atoms with Gasteiger partial charge >= 0.3 is 108 Å². The predicted octanol–water partition coefficient (Wildman–Crippen LogP) is 0.449. The first-order chi connectivity index (χ1) is 2.24. The minimum absolute atomic E-state index is 0. The molecule has 0 aliphatic carbocycles. The third kappa shape index (κ3) is 41.9. The van der Waals surface area contributed by atoms with E-state index in [1.807, 2.05) is 0 Å². The Balaban J connectivity index is 0. The quantitative estimate of drug-likeness (QED) is 0.569. The fraction of sp³-hybridized carbons (Fsp3) is 0. The molecule has 7 heteroatoms. The SMILES string of the molecule is [Cl][Ru-]([Cl])([Cl])([Cl])[Cl].[K+]. The molecule has 0 aromatic carbocycles. The fourth-order valence-corrected chi connectivity index (χ4v) is 0. The zero-order valence-corrected chi connectivity index (χ0v) is 11.9. The molecular formula is Cl5KRu. The summed E-state index contributed by atoms with van der Waals surface area (Å²) in [4.78, 5) is 0. The molecule has 0 aliphatic heterocycles. The molecule has 0 nitrogen and oxygen atoms in total. The maximum Gasteiger partial charge on any atom is 1.00 e. The van der Waals surface area contributed by atoms with E-state index in [-0.39, 0.29) is 51.4 Å². The van der Waals surface area contributed by atoms with E-state index in [0.29, 0.717) is 0 Å². The van der Waals surface area contributed by atoms with Crippen LogP contribution >= 0.6 is 48.5 Å². The van der Waals surface area contributed by atoms with Crippen LogP contribution in [0, 0.1) is 0 Å². The molecule has 0 spiro atoms. The molecule has 0 saturated heterocycles. The molecule has 0 atom stereocenters. The second-order valence-corrected chi connectivity index (χ2v) is 26.9. The van der Waals surface area contributed by atoms with Crippen LogP contribution < -0.4 is 51.4 Å². The maximum atomic E-state index is 5.02. The zero-order valence-electron chi connectivity index (χ0n) is 3.24. The standard InChI is InChI=1S/5ClH.K.Ru/h5*1H;;/q;;;;;+1;+4/p-5. The Kier molecular flexibility index (Phi) is 7.45. The molecule has 0 heterocycles. The Morgan fingerprint density at radius 1 is 0.714 bits per heavy atom. The Hall–Kier alpha value is 3.71. The van der Waals surface area contributed by atoms with E-state index in [9.17, 15) is 0 Å². The average Bonchev–Trinajstić information content (AvgIpc) is 0.650. The van der Waals surface area contributed by atoms with Crippen molar-refractivity contribution in [2.24, 2.45) is 0 Å². The molecule has 0 unspecified atom stereocenters. The predicted molar refractivity (Wildman–Crippen MR) is 29.3 cm³/mol. The van der Waals surface area contributed by atoms with Gasteiger partial charge in [-0.25, -0.2) is 0 Å². The van der Waals surface area contributed by atoms with Crippen LogP contribution in [0.3, 0.4) is 0 Å². The van der Waals surface area contributed by atoms with Crippen LogP contribution in [-0.4, -0.2) is 0 Å². The molecule has 44 valence electrons. The molecule has 0 aromatic heterocycles. The normalized spacial score (nSPS) is 16.4. The maximum absolute atomic E-state index is 5.02. The minimum Gasteiger partial charge on any atom is 1.00 e. The summed E-state index contributed by atoms with van der Waals surface area (Å²) in [7, 11) is 21.0. The summed E-state index contributed by atoms with van der Waals surface area (Å²) in [6, 6.07) is 0. The largest absolute Gasteiger partial charge is 1.00 e. The van der Waals surface area contributed by atoms with Crippen molar-refractivity contribution in [2.45, 2.75) is 0 Å². The smallest absolute Gasteiger partial charge is 1.00 e. The number of hydrogen-bond acceptors (Lipinski definition) is 0. The zero-order chi connectivity index (χ0) is 5.45. The van der Waals surface area contributed by atoms with Crippen molar-refractivity contribution >= 4 is 48.5 Å². The van der Waals surface area contributed by atoms with Gasteiger partial charge in [-0.2, -0.15) is 0 Å². The molecule has 0 bridgehead atoms. The molecule has 0 fully saturated rings. The van der Waals surface area contributed by atoms with Crippen LogP contribution in [0.15, 0.2) is 0 Å². The van der Waals surface area contributed by atoms with Crippen molar-refractivity contribution in [3.8, 4) is 0 Å². The van der Waals surface area contributed by atoms with E-state index in [2.05, 4.69) is 0 Å². The monoisotopic (exact) mass is 316 g/mol. The fourth-order valence-electron chi connectivity index (χ4n) is 0. The minimum atomic E-state index is -4.11. The van der Waals surface area contributed by atoms with E-state index in [1.54, 1.807) is 0 Å². The number of hydrogen-bond donors (Lipinski definition) is 0. The van der Waals surface area contributed by atoms with Crippen molar-refractivity contribution in [3.05, 3.63) is 0 Å². The van der Waals surface area contributed by atoms with Gasteiger partial charge in [0, 0.05) is 0 Å². The average molecular weight is 317 g/mol. The summed E-state index contributed by atoms with van der Waals surface area (Å²) in [6.45, 7) is 0. The van der Waals surface area contributed by atoms with Gasteiger partial charge in [-0.3, -0.25) is 0 Å². The van der Waals surface area contributed by atoms with Gasteiger partial charge in [0.1, 0.15) is 0 Å². The van der Waals surface area contributed by atoms with E-state index in [4.69, 9.17) is 48.5 Å². The van der Waals surface area contributed by atoms with Gasteiger partial charge in [0.25, 0.3) is 0 Å². The summed E-state index contributed by atoms with van der Waals surface area (Å²) in [5.74, 6) is 0. The summed E-state index contributed by atoms with van der Waals surface area (Å²) in [5.41, 5.74) is 0. The van der Waals surface area contributed by atoms with Crippen LogP contribution in [0.1, 0.15) is 0 Å². The van der Waals surface area contributed by atoms with Crippen molar-refractivity contribution < 1.29 is 60.0 Å². The van der Waals surface area contributed by atoms with Gasteiger partial charge < -0.3 is 0 Å². The number of rotatable bonds is 0. The van der Waals surface area contributed by atoms with Crippen LogP contribution in [0.5, 0.6) is 0 Å². The van der Waals surface area contributed by atoms with Gasteiger partial charge in [0.05, 0.1) is 0 Å². The molecule has 0 aliphatic rings. The van der Waals surface area contributed by atoms with Gasteiger partial charge in [-0.1, -0.05) is 0 Å². The molecule has 0 N–H and O–H groups in total. The molecule has 0 amide bonds. The number of halogens is 5. The third-order valence-corrected chi connectivity index (χ3v) is 0. The van der Waals surface area contributed by atoms with Crippen LogP contribution in [-0.2, 0) is 8.65 Å². The Morgan fingerprint density at radius 3 is 0.714 bits per heavy atom. The van der Waals surface area contributed by atoms with E-state index >= 15 is 0 Å². The molecular weight excluding hydrogens is 317 g/mol. The first-order valence-corrected chi connectivity index (χ1v) is 11.9. The van der Waals surface area contributed by atoms with Gasteiger partial charge in [-0.15, -0.1) is 0 Å². The van der Waals surface area contributed by atoms with Gasteiger partial charge in [0.2, 0.25) is 0 Å². The van der Waals surface area contributed by atoms with Crippen molar-refractivity contribution in [1.82, 2.24) is 0 Å². The van der Waals surface area contributed by atoms with Crippen molar-refractivity contribution in [2.75, 3.05) is 0 Å². The topological polar surface area (TPSA) is 0 Å². The summed E-state index contributed by atoms with van der Waals surface area (Å²) in [6.07, 6.45) is 0. The van der Waals surface area contributed by atoms with E-state index < -0.39 is 8.65 Å². The van der Waals surface area contributed by atoms with Gasteiger partial charge in [0.15, 0.2) is 0 Å². The van der Waals surface area contributed by atoms with E-state index in [1.165, 1.54) is 0 Å². The second-order valence-electron chi connectivity index (χ2n) is 0.505. The van der Waals surface area contributed by atoms with Crippen LogP contribution in [0.25, 0.3) is 0 Å². The summed E-state index contributed by atoms with van der Waals surface area (Å²) in [5, 5.41) is 0. The van der Waals surface area contributed by atoms with E-state index in [0.717, 1.165) is 0 Å². The summed E-state index contributed by atoms with van der Waals surface area (Å²) < 4.78 is 0. The first kappa shape index (κ1) is 13.3. The first-order valence-electron chi connectivity index (χ1n) is 0.668. The van der Waals surface area contributed by atoms with Crippen LogP contribution in [0.2, 0.25) is 0 Å². The third-order valence-electron chi connectivity index (χ3n) is 0. The van der Waals surface area contributed by atoms with Gasteiger partial charge in [-0.05, 0) is 0 Å². The molecule has 7 heavy (non-hydrogen) atoms. The molecule has 0 saturated carbocycles.